The Morgan fingerprint density at radius 2 is 2.06 bits per heavy atom. The Hall–Kier alpha value is -3.46. The van der Waals surface area contributed by atoms with Crippen LogP contribution in [0.5, 0.6) is 0 Å². The van der Waals surface area contributed by atoms with Gasteiger partial charge in [0.25, 0.3) is 5.91 Å². The average Bonchev–Trinajstić information content (AvgIpc) is 3.52. The molecule has 2 aliphatic heterocycles. The summed E-state index contributed by atoms with van der Waals surface area (Å²) in [5, 5.41) is 1.92. The van der Waals surface area contributed by atoms with Crippen molar-refractivity contribution in [3.05, 3.63) is 59.3 Å². The summed E-state index contributed by atoms with van der Waals surface area (Å²) >= 11 is 1.49. The lowest BCUT2D eigenvalue weighted by Crippen LogP contribution is -2.70. The normalized spacial score (nSPS) is 20.0. The third-order valence-corrected chi connectivity index (χ3v) is 6.64. The third kappa shape index (κ3) is 2.96. The van der Waals surface area contributed by atoms with E-state index in [1.165, 1.54) is 27.4 Å². The monoisotopic (exact) mass is 451 g/mol. The Kier molecular flexibility index (Phi) is 4.85. The van der Waals surface area contributed by atoms with E-state index in [2.05, 4.69) is 4.98 Å². The van der Waals surface area contributed by atoms with Crippen LogP contribution in [0.2, 0.25) is 0 Å². The van der Waals surface area contributed by atoms with E-state index >= 15 is 0 Å². The fourth-order valence-corrected chi connectivity index (χ4v) is 5.17. The molecule has 2 amide bonds. The number of amides is 2. The van der Waals surface area contributed by atoms with Gasteiger partial charge in [0.05, 0.1) is 16.1 Å². The van der Waals surface area contributed by atoms with Gasteiger partial charge in [-0.15, -0.1) is 11.3 Å². The number of esters is 1. The predicted molar refractivity (Wildman–Crippen MR) is 117 cm³/mol. The molecule has 0 N–H and O–H groups in total. The molecule has 4 heterocycles. The average molecular weight is 452 g/mol. The van der Waals surface area contributed by atoms with Gasteiger partial charge in [-0.3, -0.25) is 14.5 Å². The van der Waals surface area contributed by atoms with Gasteiger partial charge < -0.3 is 14.1 Å². The molecule has 8 nitrogen and oxygen atoms in total. The van der Waals surface area contributed by atoms with Gasteiger partial charge in [0, 0.05) is 18.9 Å². The highest BCUT2D eigenvalue weighted by atomic mass is 32.1. The maximum absolute atomic E-state index is 13.6. The molecule has 0 spiro atoms. The van der Waals surface area contributed by atoms with Crippen LogP contribution < -0.4 is 4.90 Å². The molecular weight excluding hydrogens is 430 g/mol. The molecule has 9 heteroatoms. The van der Waals surface area contributed by atoms with Crippen molar-refractivity contribution in [1.82, 2.24) is 9.88 Å². The first-order valence-electron chi connectivity index (χ1n) is 10.3. The number of aromatic nitrogens is 1. The van der Waals surface area contributed by atoms with E-state index in [1.54, 1.807) is 24.3 Å². The maximum atomic E-state index is 13.6. The zero-order valence-electron chi connectivity index (χ0n) is 17.6. The summed E-state index contributed by atoms with van der Waals surface area (Å²) in [6.45, 7) is 3.53. The minimum atomic E-state index is -1.52. The van der Waals surface area contributed by atoms with Crippen LogP contribution in [0.25, 0.3) is 10.8 Å². The summed E-state index contributed by atoms with van der Waals surface area (Å²) < 4.78 is 11.1. The van der Waals surface area contributed by atoms with Crippen molar-refractivity contribution in [3.63, 3.8) is 0 Å². The van der Waals surface area contributed by atoms with Crippen molar-refractivity contribution < 1.29 is 23.5 Å². The molecule has 1 saturated heterocycles. The van der Waals surface area contributed by atoms with Gasteiger partial charge in [-0.25, -0.2) is 9.78 Å². The molecule has 5 rings (SSSR count). The van der Waals surface area contributed by atoms with Gasteiger partial charge in [0.2, 0.25) is 17.5 Å². The van der Waals surface area contributed by atoms with Gasteiger partial charge in [0.1, 0.15) is 18.6 Å². The first-order chi connectivity index (χ1) is 15.4. The van der Waals surface area contributed by atoms with Gasteiger partial charge in [-0.05, 0) is 37.4 Å². The number of para-hydroxylation sites is 1. The molecule has 0 radical (unpaired) electrons. The number of benzene rings is 1. The number of anilines is 1. The lowest BCUT2D eigenvalue weighted by molar-refractivity contribution is -0.159. The molecule has 164 valence electrons. The summed E-state index contributed by atoms with van der Waals surface area (Å²) in [7, 11) is 0. The van der Waals surface area contributed by atoms with E-state index in [9.17, 15) is 14.4 Å². The molecule has 2 aliphatic rings. The Morgan fingerprint density at radius 1 is 1.25 bits per heavy atom. The maximum Gasteiger partial charge on any atom is 0.354 e. The van der Waals surface area contributed by atoms with Crippen molar-refractivity contribution in [2.45, 2.75) is 45.0 Å². The second-order valence-corrected chi connectivity index (χ2v) is 8.98. The lowest BCUT2D eigenvalue weighted by Gasteiger charge is -2.50. The van der Waals surface area contributed by atoms with Crippen molar-refractivity contribution >= 4 is 34.8 Å². The summed E-state index contributed by atoms with van der Waals surface area (Å²) in [6, 6.07) is 10.3. The highest BCUT2D eigenvalue weighted by Crippen LogP contribution is 2.46. The van der Waals surface area contributed by atoms with Crippen LogP contribution in [-0.2, 0) is 20.9 Å². The number of fused-ring (bicyclic) bond motifs is 3. The number of oxazole rings is 1. The van der Waals surface area contributed by atoms with Gasteiger partial charge in [-0.1, -0.05) is 18.2 Å². The minimum absolute atomic E-state index is 0.126. The summed E-state index contributed by atoms with van der Waals surface area (Å²) in [4.78, 5) is 48.0. The molecule has 32 heavy (non-hydrogen) atoms. The highest BCUT2D eigenvalue weighted by Gasteiger charge is 2.62. The van der Waals surface area contributed by atoms with Gasteiger partial charge in [-0.2, -0.15) is 0 Å². The molecule has 0 aliphatic carbocycles. The molecule has 0 bridgehead atoms. The molecular formula is C23H21N3O5S. The van der Waals surface area contributed by atoms with E-state index in [0.717, 1.165) is 4.88 Å². The predicted octanol–water partition coefficient (Wildman–Crippen LogP) is 3.83. The number of thiophene rings is 1. The standard InChI is InChI=1S/C23H21N3O5S/c1-14(2)25-21(28)16-6-3-4-7-17(16)26-19(27)9-10-23(25,26)22(29)31-13-15-12-30-20(24-15)18-8-5-11-32-18/h3-8,11-12,14H,9-10,13H2,1-2H3. The van der Waals surface area contributed by atoms with Crippen LogP contribution in [0.3, 0.4) is 0 Å². The molecule has 1 atom stereocenters. The Morgan fingerprint density at radius 3 is 2.81 bits per heavy atom. The smallest absolute Gasteiger partial charge is 0.354 e. The van der Waals surface area contributed by atoms with Crippen LogP contribution in [-0.4, -0.2) is 39.4 Å². The minimum Gasteiger partial charge on any atom is -0.456 e. The van der Waals surface area contributed by atoms with E-state index in [1.807, 2.05) is 31.4 Å². The number of carbonyl (C=O) groups excluding carboxylic acids is 3. The molecule has 1 fully saturated rings. The third-order valence-electron chi connectivity index (χ3n) is 5.78. The van der Waals surface area contributed by atoms with E-state index < -0.39 is 11.6 Å². The fourth-order valence-electron chi connectivity index (χ4n) is 4.52. The first-order valence-corrected chi connectivity index (χ1v) is 11.2. The van der Waals surface area contributed by atoms with Gasteiger partial charge in [0.15, 0.2) is 0 Å². The largest absolute Gasteiger partial charge is 0.456 e. The second kappa shape index (κ2) is 7.59. The number of carbonyl (C=O) groups is 3. The number of rotatable bonds is 5. The van der Waals surface area contributed by atoms with Crippen molar-refractivity contribution in [2.24, 2.45) is 0 Å². The molecule has 0 saturated carbocycles. The topological polar surface area (TPSA) is 93.0 Å². The van der Waals surface area contributed by atoms with Crippen molar-refractivity contribution in [3.8, 4) is 10.8 Å². The molecule has 2 aromatic heterocycles. The first kappa shape index (κ1) is 20.4. The van der Waals surface area contributed by atoms with Crippen LogP contribution in [0.4, 0.5) is 5.69 Å². The van der Waals surface area contributed by atoms with Crippen LogP contribution >= 0.6 is 11.3 Å². The molecule has 1 unspecified atom stereocenters. The number of hydrogen-bond acceptors (Lipinski definition) is 7. The van der Waals surface area contributed by atoms with Gasteiger partial charge >= 0.3 is 5.97 Å². The fraction of sp³-hybridized carbons (Fsp3) is 0.304. The highest BCUT2D eigenvalue weighted by molar-refractivity contribution is 7.13. The Bertz CT molecular complexity index is 1200. The summed E-state index contributed by atoms with van der Waals surface area (Å²) in [6.07, 6.45) is 1.76. The lowest BCUT2D eigenvalue weighted by atomic mass is 9.95. The second-order valence-electron chi connectivity index (χ2n) is 8.03. The number of ether oxygens (including phenoxy) is 1. The zero-order valence-corrected chi connectivity index (χ0v) is 18.4. The van der Waals surface area contributed by atoms with E-state index in [0.29, 0.717) is 22.8 Å². The van der Waals surface area contributed by atoms with Crippen molar-refractivity contribution in [1.29, 1.82) is 0 Å². The van der Waals surface area contributed by atoms with Crippen LogP contribution in [0.1, 0.15) is 42.7 Å². The summed E-state index contributed by atoms with van der Waals surface area (Å²) in [5.74, 6) is -0.707. The zero-order chi connectivity index (χ0) is 22.5. The number of hydrogen-bond donors (Lipinski definition) is 0. The molecule has 3 aromatic rings. The van der Waals surface area contributed by atoms with Crippen LogP contribution in [0, 0.1) is 0 Å². The summed E-state index contributed by atoms with van der Waals surface area (Å²) in [5.41, 5.74) is -0.225. The Labute approximate surface area is 188 Å². The van der Waals surface area contributed by atoms with E-state index in [-0.39, 0.29) is 37.3 Å². The number of nitrogens with zero attached hydrogens (tertiary/aromatic N) is 3. The van der Waals surface area contributed by atoms with Crippen LogP contribution in [0.15, 0.2) is 52.5 Å². The SMILES string of the molecule is CC(C)N1C(=O)c2ccccc2N2C(=O)CCC21C(=O)OCc1coc(-c2cccs2)n1. The van der Waals surface area contributed by atoms with Crippen molar-refractivity contribution in [2.75, 3.05) is 4.90 Å². The quantitative estimate of drug-likeness (QED) is 0.548. The molecule has 1 aromatic carbocycles. The van der Waals surface area contributed by atoms with E-state index in [4.69, 9.17) is 9.15 Å². The Balaban J connectivity index is 1.48.